The van der Waals surface area contributed by atoms with Gasteiger partial charge < -0.3 is 4.74 Å². The number of rotatable bonds is 5. The van der Waals surface area contributed by atoms with Crippen LogP contribution in [0.5, 0.6) is 0 Å². The summed E-state index contributed by atoms with van der Waals surface area (Å²) in [7, 11) is 0. The predicted octanol–water partition coefficient (Wildman–Crippen LogP) is 3.18. The molecule has 1 rings (SSSR count). The fourth-order valence-electron chi connectivity index (χ4n) is 1.60. The molecule has 6 nitrogen and oxygen atoms in total. The van der Waals surface area contributed by atoms with E-state index in [1.807, 2.05) is 0 Å². The van der Waals surface area contributed by atoms with Crippen molar-refractivity contribution in [3.63, 3.8) is 0 Å². The maximum atomic E-state index is 12.6. The van der Waals surface area contributed by atoms with Crippen LogP contribution in [-0.2, 0) is 16.0 Å². The van der Waals surface area contributed by atoms with Gasteiger partial charge in [0.1, 0.15) is 6.07 Å². The van der Waals surface area contributed by atoms with Crippen LogP contribution in [0, 0.1) is 21.4 Å². The summed E-state index contributed by atoms with van der Waals surface area (Å²) in [6.07, 6.45) is -0.595. The molecule has 0 fully saturated rings. The highest BCUT2D eigenvalue weighted by atomic mass is 32.2. The summed E-state index contributed by atoms with van der Waals surface area (Å²) in [5.74, 6) is -0.837. The predicted molar refractivity (Wildman–Crippen MR) is 70.1 cm³/mol. The Balaban J connectivity index is 3.39. The SMILES string of the molecule is CCOC(=O)Cc1cc([N+](=O)[O-])cc(C#N)c1SC(F)(F)F. The van der Waals surface area contributed by atoms with E-state index in [1.54, 1.807) is 0 Å². The fourth-order valence-corrected chi connectivity index (χ4v) is 2.30. The third-order valence-corrected chi connectivity index (χ3v) is 3.26. The van der Waals surface area contributed by atoms with E-state index in [9.17, 15) is 28.1 Å². The molecule has 0 heterocycles. The van der Waals surface area contributed by atoms with Crippen molar-refractivity contribution in [3.8, 4) is 6.07 Å². The van der Waals surface area contributed by atoms with Crippen molar-refractivity contribution in [2.45, 2.75) is 23.7 Å². The van der Waals surface area contributed by atoms with Gasteiger partial charge in [0.05, 0.1) is 23.5 Å². The summed E-state index contributed by atoms with van der Waals surface area (Å²) < 4.78 is 42.4. The highest BCUT2D eigenvalue weighted by molar-refractivity contribution is 8.00. The van der Waals surface area contributed by atoms with Gasteiger partial charge in [-0.25, -0.2) is 0 Å². The third kappa shape index (κ3) is 4.92. The summed E-state index contributed by atoms with van der Waals surface area (Å²) in [5, 5.41) is 19.7. The molecule has 22 heavy (non-hydrogen) atoms. The Bertz CT molecular complexity index is 640. The first-order valence-electron chi connectivity index (χ1n) is 5.80. The van der Waals surface area contributed by atoms with E-state index in [1.165, 1.54) is 13.0 Å². The molecule has 118 valence electrons. The lowest BCUT2D eigenvalue weighted by atomic mass is 10.1. The summed E-state index contributed by atoms with van der Waals surface area (Å²) in [4.78, 5) is 20.8. The van der Waals surface area contributed by atoms with Crippen molar-refractivity contribution < 1.29 is 27.6 Å². The number of hydrogen-bond acceptors (Lipinski definition) is 6. The number of carbonyl (C=O) groups excluding carboxylic acids is 1. The van der Waals surface area contributed by atoms with Crippen LogP contribution in [0.4, 0.5) is 18.9 Å². The number of benzene rings is 1. The molecule has 10 heteroatoms. The van der Waals surface area contributed by atoms with E-state index in [-0.39, 0.29) is 12.2 Å². The molecule has 0 amide bonds. The highest BCUT2D eigenvalue weighted by Crippen LogP contribution is 2.41. The first-order valence-corrected chi connectivity index (χ1v) is 6.62. The lowest BCUT2D eigenvalue weighted by molar-refractivity contribution is -0.385. The number of non-ortho nitro benzene ring substituents is 1. The normalized spacial score (nSPS) is 10.9. The first kappa shape index (κ1) is 17.8. The van der Waals surface area contributed by atoms with Gasteiger partial charge in [-0.05, 0) is 24.2 Å². The molecule has 0 bridgehead atoms. The third-order valence-electron chi connectivity index (χ3n) is 2.34. The van der Waals surface area contributed by atoms with Gasteiger partial charge in [0.2, 0.25) is 0 Å². The quantitative estimate of drug-likeness (QED) is 0.355. The van der Waals surface area contributed by atoms with E-state index in [0.29, 0.717) is 0 Å². The molecular weight excluding hydrogens is 325 g/mol. The van der Waals surface area contributed by atoms with Crippen LogP contribution >= 0.6 is 11.8 Å². The average Bonchev–Trinajstić information content (AvgIpc) is 2.38. The highest BCUT2D eigenvalue weighted by Gasteiger charge is 2.33. The Labute approximate surface area is 127 Å². The van der Waals surface area contributed by atoms with Gasteiger partial charge in [-0.2, -0.15) is 18.4 Å². The van der Waals surface area contributed by atoms with Gasteiger partial charge in [-0.1, -0.05) is 0 Å². The van der Waals surface area contributed by atoms with E-state index in [2.05, 4.69) is 4.74 Å². The van der Waals surface area contributed by atoms with Crippen LogP contribution in [0.25, 0.3) is 0 Å². The Morgan fingerprint density at radius 1 is 1.50 bits per heavy atom. The maximum Gasteiger partial charge on any atom is 0.446 e. The second-order valence-electron chi connectivity index (χ2n) is 3.88. The standard InChI is InChI=1S/C12H9F3N2O4S/c1-2-21-10(18)5-7-3-9(17(19)20)4-8(6-16)11(7)22-12(13,14)15/h3-4H,2,5H2,1H3. The number of carbonyl (C=O) groups is 1. The molecule has 0 saturated heterocycles. The van der Waals surface area contributed by atoms with Crippen molar-refractivity contribution in [1.29, 1.82) is 5.26 Å². The van der Waals surface area contributed by atoms with Crippen LogP contribution in [-0.4, -0.2) is 23.0 Å². The summed E-state index contributed by atoms with van der Waals surface area (Å²) in [6.45, 7) is 1.53. The molecule has 0 aliphatic heterocycles. The smallest absolute Gasteiger partial charge is 0.446 e. The number of hydrogen-bond donors (Lipinski definition) is 0. The summed E-state index contributed by atoms with van der Waals surface area (Å²) >= 11 is -0.594. The number of nitriles is 1. The minimum Gasteiger partial charge on any atom is -0.466 e. The van der Waals surface area contributed by atoms with Gasteiger partial charge in [0.15, 0.2) is 0 Å². The molecule has 0 unspecified atom stereocenters. The minimum absolute atomic E-state index is 0.0145. The maximum absolute atomic E-state index is 12.6. The molecule has 0 aliphatic carbocycles. The van der Waals surface area contributed by atoms with E-state index in [0.717, 1.165) is 12.1 Å². The van der Waals surface area contributed by atoms with E-state index in [4.69, 9.17) is 5.26 Å². The van der Waals surface area contributed by atoms with Gasteiger partial charge in [-0.15, -0.1) is 0 Å². The number of thioether (sulfide) groups is 1. The molecule has 0 radical (unpaired) electrons. The van der Waals surface area contributed by atoms with Gasteiger partial charge in [0, 0.05) is 17.0 Å². The topological polar surface area (TPSA) is 93.2 Å². The van der Waals surface area contributed by atoms with Crippen molar-refractivity contribution >= 4 is 23.4 Å². The van der Waals surface area contributed by atoms with Gasteiger partial charge >= 0.3 is 11.5 Å². The van der Waals surface area contributed by atoms with Crippen LogP contribution < -0.4 is 0 Å². The molecular formula is C12H9F3N2O4S. The first-order chi connectivity index (χ1) is 10.2. The van der Waals surface area contributed by atoms with Crippen LogP contribution in [0.15, 0.2) is 17.0 Å². The van der Waals surface area contributed by atoms with Crippen LogP contribution in [0.1, 0.15) is 18.1 Å². The number of nitro benzene ring substituents is 1. The molecule has 0 saturated carbocycles. The van der Waals surface area contributed by atoms with Gasteiger partial charge in [-0.3, -0.25) is 14.9 Å². The van der Waals surface area contributed by atoms with E-state index < -0.39 is 50.7 Å². The molecule has 0 atom stereocenters. The number of nitro groups is 1. The number of nitrogens with zero attached hydrogens (tertiary/aromatic N) is 2. The van der Waals surface area contributed by atoms with E-state index >= 15 is 0 Å². The Morgan fingerprint density at radius 2 is 2.14 bits per heavy atom. The Hall–Kier alpha value is -2.28. The van der Waals surface area contributed by atoms with Crippen LogP contribution in [0.2, 0.25) is 0 Å². The molecule has 0 aliphatic rings. The molecule has 0 aromatic heterocycles. The second kappa shape index (κ2) is 7.13. The average molecular weight is 334 g/mol. The van der Waals surface area contributed by atoms with Crippen molar-refractivity contribution in [2.75, 3.05) is 6.61 Å². The number of alkyl halides is 3. The molecule has 0 spiro atoms. The number of halogens is 3. The molecule has 1 aromatic carbocycles. The monoisotopic (exact) mass is 334 g/mol. The zero-order valence-electron chi connectivity index (χ0n) is 11.1. The summed E-state index contributed by atoms with van der Waals surface area (Å²) in [6, 6.07) is 3.06. The number of esters is 1. The second-order valence-corrected chi connectivity index (χ2v) is 4.96. The Morgan fingerprint density at radius 3 is 2.59 bits per heavy atom. The molecule has 1 aromatic rings. The van der Waals surface area contributed by atoms with Crippen molar-refractivity contribution in [2.24, 2.45) is 0 Å². The lowest BCUT2D eigenvalue weighted by Crippen LogP contribution is -2.11. The molecule has 0 N–H and O–H groups in total. The summed E-state index contributed by atoms with van der Waals surface area (Å²) in [5.41, 5.74) is -6.06. The zero-order chi connectivity index (χ0) is 16.9. The van der Waals surface area contributed by atoms with Crippen molar-refractivity contribution in [1.82, 2.24) is 0 Å². The van der Waals surface area contributed by atoms with Gasteiger partial charge in [0.25, 0.3) is 5.69 Å². The lowest BCUT2D eigenvalue weighted by Gasteiger charge is -2.12. The van der Waals surface area contributed by atoms with Crippen molar-refractivity contribution in [3.05, 3.63) is 33.4 Å². The largest absolute Gasteiger partial charge is 0.466 e. The zero-order valence-corrected chi connectivity index (χ0v) is 12.0. The minimum atomic E-state index is -4.70. The fraction of sp³-hybridized carbons (Fsp3) is 0.333. The number of ether oxygens (including phenoxy) is 1. The Kier molecular flexibility index (Phi) is 5.76. The van der Waals surface area contributed by atoms with Crippen LogP contribution in [0.3, 0.4) is 0 Å².